The van der Waals surface area contributed by atoms with Crippen LogP contribution in [0.25, 0.3) is 0 Å². The summed E-state index contributed by atoms with van der Waals surface area (Å²) >= 11 is 0. The van der Waals surface area contributed by atoms with Crippen LogP contribution in [0.2, 0.25) is 0 Å². The van der Waals surface area contributed by atoms with E-state index in [1.807, 2.05) is 20.8 Å². The average molecular weight is 691 g/mol. The Hall–Kier alpha value is -3.25. The van der Waals surface area contributed by atoms with Gasteiger partial charge in [-0.15, -0.1) is 0 Å². The van der Waals surface area contributed by atoms with Crippen LogP contribution in [0.4, 0.5) is 32.3 Å². The van der Waals surface area contributed by atoms with Crippen LogP contribution in [-0.4, -0.2) is 45.7 Å². The molecule has 3 aromatic rings. The normalized spacial score (nSPS) is 22.2. The third-order valence-electron chi connectivity index (χ3n) is 10.4. The fraction of sp³-hybridized carbons (Fsp3) is 0.595. The van der Waals surface area contributed by atoms with Gasteiger partial charge < -0.3 is 14.7 Å². The number of hydrogen-bond acceptors (Lipinski definition) is 6. The van der Waals surface area contributed by atoms with E-state index in [9.17, 15) is 27.1 Å². The Bertz CT molecular complexity index is 1600. The molecule has 3 heterocycles. The maximum absolute atomic E-state index is 17.2. The van der Waals surface area contributed by atoms with Crippen LogP contribution in [0.15, 0.2) is 36.7 Å². The lowest BCUT2D eigenvalue weighted by Crippen LogP contribution is -2.36. The van der Waals surface area contributed by atoms with Crippen LogP contribution < -0.4 is 4.90 Å². The molecule has 0 spiro atoms. The van der Waals surface area contributed by atoms with Crippen molar-refractivity contribution in [2.75, 3.05) is 24.6 Å². The Kier molecular flexibility index (Phi) is 10.0. The molecule has 3 aliphatic rings. The second-order valence-electron chi connectivity index (χ2n) is 14.6. The lowest BCUT2D eigenvalue weighted by molar-refractivity contribution is -0.137. The van der Waals surface area contributed by atoms with Crippen molar-refractivity contribution in [2.24, 2.45) is 5.41 Å². The first kappa shape index (κ1) is 35.6. The maximum atomic E-state index is 17.2. The minimum atomic E-state index is -4.58. The fourth-order valence-corrected chi connectivity index (χ4v) is 7.87. The highest BCUT2D eigenvalue weighted by Gasteiger charge is 2.44. The summed E-state index contributed by atoms with van der Waals surface area (Å²) in [7, 11) is 0. The van der Waals surface area contributed by atoms with Gasteiger partial charge in [-0.2, -0.15) is 13.2 Å². The lowest BCUT2D eigenvalue weighted by atomic mass is 9.68. The SMILES string of the molecule is CCOCc1cnc(N2CCC(c3nc4c(c(C5CCC(F)(F)CC5)c3C(F)c3ccc(C(F)(F)F)cc3)[C@@H](O)CC(C)(C)C4)CC2)nc1. The van der Waals surface area contributed by atoms with Crippen LogP contribution in [0.3, 0.4) is 0 Å². The number of benzene rings is 1. The predicted octanol–water partition coefficient (Wildman–Crippen LogP) is 9.17. The minimum absolute atomic E-state index is 0.0296. The maximum Gasteiger partial charge on any atom is 0.416 e. The zero-order valence-electron chi connectivity index (χ0n) is 28.2. The second kappa shape index (κ2) is 13.8. The molecule has 49 heavy (non-hydrogen) atoms. The first-order valence-electron chi connectivity index (χ1n) is 17.2. The number of hydrogen-bond donors (Lipinski definition) is 1. The molecule has 1 saturated carbocycles. The van der Waals surface area contributed by atoms with Crippen LogP contribution in [0, 0.1) is 5.41 Å². The fourth-order valence-electron chi connectivity index (χ4n) is 7.87. The second-order valence-corrected chi connectivity index (χ2v) is 14.6. The van der Waals surface area contributed by atoms with Gasteiger partial charge in [0.25, 0.3) is 0 Å². The van der Waals surface area contributed by atoms with Crippen LogP contribution in [0.5, 0.6) is 0 Å². The van der Waals surface area contributed by atoms with Crippen LogP contribution in [0.1, 0.15) is 135 Å². The average Bonchev–Trinajstić information content (AvgIpc) is 3.06. The summed E-state index contributed by atoms with van der Waals surface area (Å²) in [6.45, 7) is 8.10. The smallest absolute Gasteiger partial charge is 0.388 e. The van der Waals surface area contributed by atoms with E-state index < -0.39 is 35.9 Å². The van der Waals surface area contributed by atoms with E-state index in [4.69, 9.17) is 9.72 Å². The molecule has 2 aliphatic carbocycles. The number of pyridine rings is 1. The van der Waals surface area contributed by atoms with E-state index in [-0.39, 0.29) is 48.1 Å². The van der Waals surface area contributed by atoms with E-state index in [1.165, 1.54) is 0 Å². The number of halogens is 6. The molecular formula is C37H44F6N4O2. The summed E-state index contributed by atoms with van der Waals surface area (Å²) < 4.78 is 91.8. The summed E-state index contributed by atoms with van der Waals surface area (Å²) in [6, 6.07) is 4.02. The predicted molar refractivity (Wildman–Crippen MR) is 173 cm³/mol. The number of rotatable bonds is 8. The van der Waals surface area contributed by atoms with Gasteiger partial charge in [0.2, 0.25) is 11.9 Å². The lowest BCUT2D eigenvalue weighted by Gasteiger charge is -2.41. The third kappa shape index (κ3) is 7.75. The summed E-state index contributed by atoms with van der Waals surface area (Å²) in [6.07, 6.45) is -2.36. The minimum Gasteiger partial charge on any atom is -0.388 e. The summed E-state index contributed by atoms with van der Waals surface area (Å²) in [5.41, 5.74) is 2.14. The Labute approximate surface area is 283 Å². The molecule has 0 amide bonds. The quantitative estimate of drug-likeness (QED) is 0.238. The zero-order chi connectivity index (χ0) is 35.1. The molecule has 266 valence electrons. The van der Waals surface area contributed by atoms with E-state index >= 15 is 4.39 Å². The van der Waals surface area contributed by atoms with Crippen molar-refractivity contribution < 1.29 is 36.2 Å². The topological polar surface area (TPSA) is 71.4 Å². The number of aliphatic hydroxyl groups excluding tert-OH is 1. The van der Waals surface area contributed by atoms with Gasteiger partial charge in [-0.3, -0.25) is 4.98 Å². The van der Waals surface area contributed by atoms with Gasteiger partial charge in [-0.1, -0.05) is 26.0 Å². The number of anilines is 1. The summed E-state index contributed by atoms with van der Waals surface area (Å²) in [5, 5.41) is 11.6. The highest BCUT2D eigenvalue weighted by molar-refractivity contribution is 5.51. The molecule has 0 bridgehead atoms. The first-order valence-corrected chi connectivity index (χ1v) is 17.2. The zero-order valence-corrected chi connectivity index (χ0v) is 28.2. The third-order valence-corrected chi connectivity index (χ3v) is 10.4. The number of fused-ring (bicyclic) bond motifs is 1. The van der Waals surface area contributed by atoms with Crippen molar-refractivity contribution >= 4 is 5.95 Å². The van der Waals surface area contributed by atoms with Crippen LogP contribution in [-0.2, 0) is 23.9 Å². The Morgan fingerprint density at radius 3 is 2.18 bits per heavy atom. The Morgan fingerprint density at radius 1 is 0.959 bits per heavy atom. The summed E-state index contributed by atoms with van der Waals surface area (Å²) in [4.78, 5) is 16.2. The largest absolute Gasteiger partial charge is 0.416 e. The number of nitrogens with zero attached hydrogens (tertiary/aromatic N) is 4. The van der Waals surface area contributed by atoms with E-state index in [0.29, 0.717) is 80.4 Å². The standard InChI is InChI=1S/C37H44F6N4O2/c1-4-49-21-22-19-44-34(45-20-22)47-15-11-25(12-16-47)33-31(32(38)24-5-7-26(8-6-24)37(41,42)43)29(23-9-13-36(39,40)14-10-23)30-27(46-33)17-35(2,3)18-28(30)48/h5-8,19-20,23,25,28,32,48H,4,9-18,21H2,1-3H3/t28-,32?/m0/s1. The van der Waals surface area contributed by atoms with E-state index in [1.54, 1.807) is 12.4 Å². The van der Waals surface area contributed by atoms with Crippen molar-refractivity contribution in [1.82, 2.24) is 15.0 Å². The number of aliphatic hydroxyl groups is 1. The van der Waals surface area contributed by atoms with Gasteiger partial charge in [0.15, 0.2) is 6.17 Å². The van der Waals surface area contributed by atoms with E-state index in [2.05, 4.69) is 14.9 Å². The van der Waals surface area contributed by atoms with Crippen molar-refractivity contribution in [2.45, 2.75) is 115 Å². The molecule has 1 saturated heterocycles. The number of piperidine rings is 1. The number of ether oxygens (including phenoxy) is 1. The van der Waals surface area contributed by atoms with Gasteiger partial charge in [0, 0.05) is 73.2 Å². The summed E-state index contributed by atoms with van der Waals surface area (Å²) in [5.74, 6) is -2.92. The van der Waals surface area contributed by atoms with Crippen molar-refractivity contribution in [1.29, 1.82) is 0 Å². The molecule has 6 rings (SSSR count). The molecule has 1 N–H and O–H groups in total. The molecule has 1 aromatic carbocycles. The molecule has 2 aromatic heterocycles. The highest BCUT2D eigenvalue weighted by Crippen LogP contribution is 2.52. The molecule has 1 aliphatic heterocycles. The molecule has 2 atom stereocenters. The van der Waals surface area contributed by atoms with E-state index in [0.717, 1.165) is 29.8 Å². The highest BCUT2D eigenvalue weighted by atomic mass is 19.4. The van der Waals surface area contributed by atoms with Gasteiger partial charge in [-0.25, -0.2) is 23.1 Å². The molecule has 2 fully saturated rings. The van der Waals surface area contributed by atoms with Crippen molar-refractivity contribution in [3.63, 3.8) is 0 Å². The Morgan fingerprint density at radius 2 is 1.59 bits per heavy atom. The molecule has 0 radical (unpaired) electrons. The van der Waals surface area contributed by atoms with Gasteiger partial charge in [0.1, 0.15) is 0 Å². The molecular weight excluding hydrogens is 646 g/mol. The Balaban J connectivity index is 1.42. The van der Waals surface area contributed by atoms with Crippen molar-refractivity contribution in [3.8, 4) is 0 Å². The number of alkyl halides is 6. The van der Waals surface area contributed by atoms with Crippen LogP contribution >= 0.6 is 0 Å². The van der Waals surface area contributed by atoms with Gasteiger partial charge >= 0.3 is 6.18 Å². The molecule has 6 nitrogen and oxygen atoms in total. The van der Waals surface area contributed by atoms with Gasteiger partial charge in [-0.05, 0) is 80.0 Å². The first-order chi connectivity index (χ1) is 23.2. The van der Waals surface area contributed by atoms with Gasteiger partial charge in [0.05, 0.1) is 24.0 Å². The monoisotopic (exact) mass is 690 g/mol. The van der Waals surface area contributed by atoms with Crippen molar-refractivity contribution in [3.05, 3.63) is 81.4 Å². The molecule has 1 unspecified atom stereocenters. The molecule has 12 heteroatoms. The number of aromatic nitrogens is 3.